The average molecular weight is 254 g/mol. The Hall–Kier alpha value is -0.170. The van der Waals surface area contributed by atoms with Crippen LogP contribution >= 0.6 is 33.9 Å². The van der Waals surface area contributed by atoms with Crippen LogP contribution in [0.25, 0.3) is 0 Å². The number of aromatic nitrogens is 1. The van der Waals surface area contributed by atoms with Gasteiger partial charge in [0.2, 0.25) is 0 Å². The van der Waals surface area contributed by atoms with Gasteiger partial charge in [-0.3, -0.25) is 4.79 Å². The van der Waals surface area contributed by atoms with Crippen LogP contribution in [-0.4, -0.2) is 10.9 Å². The molecule has 1 aromatic rings. The van der Waals surface area contributed by atoms with Gasteiger partial charge in [0, 0.05) is 5.38 Å². The first-order valence-electron chi connectivity index (χ1n) is 2.11. The highest BCUT2D eigenvalue weighted by Crippen LogP contribution is 2.10. The van der Waals surface area contributed by atoms with Crippen molar-refractivity contribution in [1.29, 1.82) is 0 Å². The van der Waals surface area contributed by atoms with E-state index in [4.69, 9.17) is 5.73 Å². The van der Waals surface area contributed by atoms with Crippen molar-refractivity contribution in [1.82, 2.24) is 4.98 Å². The molecule has 0 aliphatic rings. The molecule has 1 amide bonds. The minimum Gasteiger partial charge on any atom is -0.364 e. The molecule has 0 aromatic carbocycles. The van der Waals surface area contributed by atoms with Crippen molar-refractivity contribution in [2.75, 3.05) is 0 Å². The molecular weight excluding hydrogens is 251 g/mol. The van der Waals surface area contributed by atoms with Gasteiger partial charge in [-0.1, -0.05) is 0 Å². The molecule has 3 nitrogen and oxygen atoms in total. The Morgan fingerprint density at radius 1 is 1.89 bits per heavy atom. The Labute approximate surface area is 69.4 Å². The molecule has 1 heterocycles. The lowest BCUT2D eigenvalue weighted by molar-refractivity contribution is 0.0996. The van der Waals surface area contributed by atoms with Crippen molar-refractivity contribution < 1.29 is 4.79 Å². The molecular formula is C4H3IN2OS. The number of amides is 1. The van der Waals surface area contributed by atoms with Crippen LogP contribution in [0.3, 0.4) is 0 Å². The number of carbonyl (C=O) groups is 1. The lowest BCUT2D eigenvalue weighted by Gasteiger charge is -1.80. The molecule has 0 atom stereocenters. The van der Waals surface area contributed by atoms with Crippen LogP contribution in [0.5, 0.6) is 0 Å². The van der Waals surface area contributed by atoms with Gasteiger partial charge in [-0.25, -0.2) is 4.98 Å². The van der Waals surface area contributed by atoms with E-state index in [0.717, 1.165) is 3.01 Å². The number of carbonyl (C=O) groups excluding carboxylic acids is 1. The van der Waals surface area contributed by atoms with Crippen LogP contribution in [-0.2, 0) is 0 Å². The Morgan fingerprint density at radius 2 is 2.56 bits per heavy atom. The third-order valence-corrected chi connectivity index (χ3v) is 2.36. The number of thiazole rings is 1. The summed E-state index contributed by atoms with van der Waals surface area (Å²) in [5.74, 6) is -0.464. The highest BCUT2D eigenvalue weighted by molar-refractivity contribution is 14.1. The average Bonchev–Trinajstić information content (AvgIpc) is 2.14. The third-order valence-electron chi connectivity index (χ3n) is 0.729. The van der Waals surface area contributed by atoms with Crippen molar-refractivity contribution >= 4 is 39.8 Å². The first-order valence-corrected chi connectivity index (χ1v) is 4.07. The van der Waals surface area contributed by atoms with E-state index in [1.54, 1.807) is 5.38 Å². The molecule has 0 radical (unpaired) electrons. The smallest absolute Gasteiger partial charge is 0.268 e. The van der Waals surface area contributed by atoms with Gasteiger partial charge in [0.05, 0.1) is 0 Å². The Kier molecular flexibility index (Phi) is 2.01. The predicted octanol–water partition coefficient (Wildman–Crippen LogP) is 0.847. The second kappa shape index (κ2) is 2.61. The van der Waals surface area contributed by atoms with E-state index in [1.165, 1.54) is 11.3 Å². The number of hydrogen-bond acceptors (Lipinski definition) is 3. The fourth-order valence-corrected chi connectivity index (χ4v) is 1.54. The molecule has 0 aliphatic carbocycles. The second-order valence-corrected chi connectivity index (χ2v) is 3.96. The van der Waals surface area contributed by atoms with Crippen molar-refractivity contribution in [2.45, 2.75) is 0 Å². The lowest BCUT2D eigenvalue weighted by Crippen LogP contribution is -2.10. The molecule has 0 spiro atoms. The SMILES string of the molecule is NC(=O)c1csc(I)n1. The van der Waals surface area contributed by atoms with Crippen LogP contribution in [0.4, 0.5) is 0 Å². The van der Waals surface area contributed by atoms with Crippen LogP contribution in [0.2, 0.25) is 0 Å². The summed E-state index contributed by atoms with van der Waals surface area (Å²) in [6.45, 7) is 0. The zero-order valence-corrected chi connectivity index (χ0v) is 7.27. The van der Waals surface area contributed by atoms with Gasteiger partial charge in [-0.15, -0.1) is 11.3 Å². The maximum absolute atomic E-state index is 10.4. The Balaban J connectivity index is 2.98. The summed E-state index contributed by atoms with van der Waals surface area (Å²) in [4.78, 5) is 14.2. The van der Waals surface area contributed by atoms with Gasteiger partial charge < -0.3 is 5.73 Å². The summed E-state index contributed by atoms with van der Waals surface area (Å²) in [5.41, 5.74) is 5.28. The minimum atomic E-state index is -0.464. The summed E-state index contributed by atoms with van der Waals surface area (Å²) in [6, 6.07) is 0. The van der Waals surface area contributed by atoms with Gasteiger partial charge in [0.25, 0.3) is 5.91 Å². The molecule has 0 aliphatic heterocycles. The summed E-state index contributed by atoms with van der Waals surface area (Å²) >= 11 is 3.44. The van der Waals surface area contributed by atoms with E-state index < -0.39 is 5.91 Å². The van der Waals surface area contributed by atoms with E-state index >= 15 is 0 Å². The van der Waals surface area contributed by atoms with Gasteiger partial charge in [-0.2, -0.15) is 0 Å². The van der Waals surface area contributed by atoms with Crippen LogP contribution in [0.1, 0.15) is 10.5 Å². The van der Waals surface area contributed by atoms with Crippen LogP contribution in [0.15, 0.2) is 5.38 Å². The first-order chi connectivity index (χ1) is 4.20. The summed E-state index contributed by atoms with van der Waals surface area (Å²) < 4.78 is 0.835. The van der Waals surface area contributed by atoms with E-state index in [-0.39, 0.29) is 0 Å². The van der Waals surface area contributed by atoms with Gasteiger partial charge in [-0.05, 0) is 22.6 Å². The molecule has 48 valence electrons. The molecule has 0 bridgehead atoms. The fourth-order valence-electron chi connectivity index (χ4n) is 0.365. The zero-order valence-electron chi connectivity index (χ0n) is 4.30. The maximum atomic E-state index is 10.4. The third kappa shape index (κ3) is 1.62. The monoisotopic (exact) mass is 254 g/mol. The van der Waals surface area contributed by atoms with Crippen molar-refractivity contribution in [3.8, 4) is 0 Å². The Bertz CT molecular complexity index is 234. The van der Waals surface area contributed by atoms with E-state index in [9.17, 15) is 4.79 Å². The molecule has 0 saturated heterocycles. The van der Waals surface area contributed by atoms with Crippen molar-refractivity contribution in [3.63, 3.8) is 0 Å². The molecule has 9 heavy (non-hydrogen) atoms. The normalized spacial score (nSPS) is 9.44. The zero-order chi connectivity index (χ0) is 6.85. The number of nitrogens with zero attached hydrogens (tertiary/aromatic N) is 1. The standard InChI is InChI=1S/C4H3IN2OS/c5-4-7-2(1-9-4)3(6)8/h1H,(H2,6,8). The van der Waals surface area contributed by atoms with Gasteiger partial charge in [0.1, 0.15) is 5.69 Å². The summed E-state index contributed by atoms with van der Waals surface area (Å²) in [5, 5.41) is 1.64. The van der Waals surface area contributed by atoms with E-state index in [1.807, 2.05) is 22.6 Å². The molecule has 0 unspecified atom stereocenters. The van der Waals surface area contributed by atoms with Gasteiger partial charge in [0.15, 0.2) is 3.01 Å². The molecule has 0 fully saturated rings. The molecule has 1 aromatic heterocycles. The first kappa shape index (κ1) is 6.94. The minimum absolute atomic E-state index is 0.351. The molecule has 1 rings (SSSR count). The summed E-state index contributed by atoms with van der Waals surface area (Å²) in [6.07, 6.45) is 0. The number of primary amides is 1. The van der Waals surface area contributed by atoms with Gasteiger partial charge >= 0.3 is 0 Å². The summed E-state index contributed by atoms with van der Waals surface area (Å²) in [7, 11) is 0. The predicted molar refractivity (Wildman–Crippen MR) is 43.3 cm³/mol. The maximum Gasteiger partial charge on any atom is 0.268 e. The number of rotatable bonds is 1. The van der Waals surface area contributed by atoms with E-state index in [2.05, 4.69) is 4.98 Å². The topological polar surface area (TPSA) is 56.0 Å². The highest BCUT2D eigenvalue weighted by atomic mass is 127. The highest BCUT2D eigenvalue weighted by Gasteiger charge is 2.02. The number of nitrogens with two attached hydrogens (primary N) is 1. The number of halogens is 1. The lowest BCUT2D eigenvalue weighted by atomic mass is 10.5. The van der Waals surface area contributed by atoms with Crippen molar-refractivity contribution in [2.24, 2.45) is 5.73 Å². The van der Waals surface area contributed by atoms with Crippen molar-refractivity contribution in [3.05, 3.63) is 14.1 Å². The molecule has 0 saturated carbocycles. The molecule has 2 N–H and O–H groups in total. The van der Waals surface area contributed by atoms with E-state index in [0.29, 0.717) is 5.69 Å². The largest absolute Gasteiger partial charge is 0.364 e. The second-order valence-electron chi connectivity index (χ2n) is 1.35. The van der Waals surface area contributed by atoms with Crippen LogP contribution in [0, 0.1) is 3.01 Å². The fraction of sp³-hybridized carbons (Fsp3) is 0. The molecule has 5 heteroatoms. The quantitative estimate of drug-likeness (QED) is 0.755. The number of hydrogen-bond donors (Lipinski definition) is 1. The Morgan fingerprint density at radius 3 is 2.78 bits per heavy atom. The van der Waals surface area contributed by atoms with Crippen LogP contribution < -0.4 is 5.73 Å².